The van der Waals surface area contributed by atoms with Crippen LogP contribution in [-0.2, 0) is 6.54 Å². The van der Waals surface area contributed by atoms with Crippen LogP contribution in [0.4, 0.5) is 5.69 Å². The largest absolute Gasteiger partial charge is 0.340 e. The number of hydrogen-bond acceptors (Lipinski definition) is 6. The van der Waals surface area contributed by atoms with Crippen molar-refractivity contribution < 1.29 is 4.92 Å². The zero-order chi connectivity index (χ0) is 22.9. The summed E-state index contributed by atoms with van der Waals surface area (Å²) in [4.78, 5) is 50.1. The molecule has 0 radical (unpaired) electrons. The van der Waals surface area contributed by atoms with E-state index in [0.717, 1.165) is 20.9 Å². The molecule has 31 heavy (non-hydrogen) atoms. The van der Waals surface area contributed by atoms with Crippen LogP contribution in [0.5, 0.6) is 0 Å². The minimum Gasteiger partial charge on any atom is -0.258 e. The quantitative estimate of drug-likeness (QED) is 0.399. The zero-order valence-corrected chi connectivity index (χ0v) is 18.8. The lowest BCUT2D eigenvalue weighted by atomic mass is 10.3. The molecule has 9 nitrogen and oxygen atoms in total. The predicted octanol–water partition coefficient (Wildman–Crippen LogP) is 4.12. The van der Waals surface area contributed by atoms with Gasteiger partial charge in [-0.1, -0.05) is 53.5 Å². The first-order valence-electron chi connectivity index (χ1n) is 8.71. The molecule has 0 fully saturated rings. The highest BCUT2D eigenvalue weighted by molar-refractivity contribution is 7.99. The number of nitro groups is 1. The number of aromatic nitrogens is 3. The summed E-state index contributed by atoms with van der Waals surface area (Å²) in [6, 6.07) is 6.66. The van der Waals surface area contributed by atoms with E-state index in [4.69, 9.17) is 34.8 Å². The second kappa shape index (κ2) is 9.31. The van der Waals surface area contributed by atoms with Gasteiger partial charge in [-0.2, -0.15) is 0 Å². The number of H-pyrrole nitrogens is 1. The summed E-state index contributed by atoms with van der Waals surface area (Å²) in [5, 5.41) is 11.2. The van der Waals surface area contributed by atoms with Gasteiger partial charge in [-0.25, -0.2) is 23.5 Å². The van der Waals surface area contributed by atoms with Crippen LogP contribution in [0.15, 0.2) is 54.5 Å². The van der Waals surface area contributed by atoms with E-state index in [1.165, 1.54) is 30.3 Å². The SMILES string of the molecule is CCCn1c(=O)[nH]c(=O)n(-c2cc(Cl)c(Sc3ccc([N+](=O)[O-])cc3Cl)c(Cl)c2)c1=O. The molecule has 1 heterocycles. The van der Waals surface area contributed by atoms with Crippen molar-refractivity contribution in [2.24, 2.45) is 0 Å². The first-order valence-corrected chi connectivity index (χ1v) is 10.7. The van der Waals surface area contributed by atoms with Gasteiger partial charge < -0.3 is 0 Å². The van der Waals surface area contributed by atoms with Gasteiger partial charge in [0.05, 0.1) is 25.7 Å². The van der Waals surface area contributed by atoms with E-state index in [1.54, 1.807) is 6.92 Å². The molecule has 0 unspecified atom stereocenters. The molecule has 0 amide bonds. The Bertz CT molecular complexity index is 1340. The first-order chi connectivity index (χ1) is 14.6. The van der Waals surface area contributed by atoms with Gasteiger partial charge in [-0.3, -0.25) is 15.1 Å². The maximum Gasteiger partial charge on any atom is 0.340 e. The third kappa shape index (κ3) is 4.72. The number of halogens is 3. The topological polar surface area (TPSA) is 120 Å². The van der Waals surface area contributed by atoms with Crippen molar-refractivity contribution in [1.29, 1.82) is 0 Å². The third-order valence-electron chi connectivity index (χ3n) is 4.11. The second-order valence-electron chi connectivity index (χ2n) is 6.22. The Hall–Kier alpha value is -2.53. The Morgan fingerprint density at radius 2 is 1.68 bits per heavy atom. The van der Waals surface area contributed by atoms with Crippen LogP contribution in [0.1, 0.15) is 13.3 Å². The van der Waals surface area contributed by atoms with Gasteiger partial charge >= 0.3 is 17.1 Å². The van der Waals surface area contributed by atoms with Crippen LogP contribution in [0, 0.1) is 10.1 Å². The fraction of sp³-hybridized carbons (Fsp3) is 0.167. The van der Waals surface area contributed by atoms with Gasteiger partial charge in [0.25, 0.3) is 5.69 Å². The molecular weight excluding hydrogens is 491 g/mol. The summed E-state index contributed by atoms with van der Waals surface area (Å²) in [6.45, 7) is 1.91. The Balaban J connectivity index is 2.08. The Kier molecular flexibility index (Phi) is 6.95. The van der Waals surface area contributed by atoms with Crippen LogP contribution in [0.25, 0.3) is 5.69 Å². The van der Waals surface area contributed by atoms with Crippen LogP contribution in [-0.4, -0.2) is 19.0 Å². The van der Waals surface area contributed by atoms with E-state index in [2.05, 4.69) is 4.98 Å². The third-order valence-corrected chi connectivity index (χ3v) is 6.58. The van der Waals surface area contributed by atoms with Crippen molar-refractivity contribution in [3.8, 4) is 5.69 Å². The lowest BCUT2D eigenvalue weighted by Gasteiger charge is -2.12. The molecule has 162 valence electrons. The molecule has 1 aromatic heterocycles. The predicted molar refractivity (Wildman–Crippen MR) is 119 cm³/mol. The fourth-order valence-electron chi connectivity index (χ4n) is 2.73. The van der Waals surface area contributed by atoms with E-state index < -0.39 is 22.0 Å². The summed E-state index contributed by atoms with van der Waals surface area (Å²) in [5.74, 6) is 0. The molecule has 1 N–H and O–H groups in total. The van der Waals surface area contributed by atoms with Gasteiger partial charge in [0.2, 0.25) is 0 Å². The van der Waals surface area contributed by atoms with Gasteiger partial charge in [0.15, 0.2) is 0 Å². The highest BCUT2D eigenvalue weighted by Crippen LogP contribution is 2.42. The van der Waals surface area contributed by atoms with Crippen molar-refractivity contribution in [1.82, 2.24) is 14.1 Å². The van der Waals surface area contributed by atoms with Crippen LogP contribution >= 0.6 is 46.6 Å². The number of nitrogens with one attached hydrogen (secondary N) is 1. The molecule has 0 saturated carbocycles. The number of aromatic amines is 1. The molecule has 0 saturated heterocycles. The van der Waals surface area contributed by atoms with Crippen molar-refractivity contribution in [3.05, 3.63) is 87.0 Å². The average Bonchev–Trinajstić information content (AvgIpc) is 2.68. The van der Waals surface area contributed by atoms with Gasteiger partial charge in [-0.15, -0.1) is 0 Å². The minimum atomic E-state index is -0.923. The summed E-state index contributed by atoms with van der Waals surface area (Å²) in [7, 11) is 0. The molecule has 0 spiro atoms. The Morgan fingerprint density at radius 1 is 1.03 bits per heavy atom. The summed E-state index contributed by atoms with van der Waals surface area (Å²) >= 11 is 19.9. The molecule has 3 rings (SSSR count). The van der Waals surface area contributed by atoms with E-state index in [-0.39, 0.29) is 33.0 Å². The van der Waals surface area contributed by atoms with E-state index in [0.29, 0.717) is 16.2 Å². The molecule has 3 aromatic rings. The van der Waals surface area contributed by atoms with Crippen molar-refractivity contribution in [3.63, 3.8) is 0 Å². The molecular formula is C18H13Cl3N4O5S. The summed E-state index contributed by atoms with van der Waals surface area (Å²) in [5.41, 5.74) is -2.63. The monoisotopic (exact) mass is 502 g/mol. The molecule has 0 atom stereocenters. The number of nitrogens with zero attached hydrogens (tertiary/aromatic N) is 3. The number of nitro benzene ring substituents is 1. The van der Waals surface area contributed by atoms with Gasteiger partial charge in [-0.05, 0) is 24.6 Å². The smallest absolute Gasteiger partial charge is 0.258 e. The number of non-ortho nitro benzene ring substituents is 1. The van der Waals surface area contributed by atoms with E-state index in [1.807, 2.05) is 0 Å². The Labute approximate surface area is 193 Å². The van der Waals surface area contributed by atoms with Gasteiger partial charge in [0.1, 0.15) is 0 Å². The number of benzene rings is 2. The number of hydrogen-bond donors (Lipinski definition) is 1. The normalized spacial score (nSPS) is 11.0. The number of rotatable bonds is 6. The first kappa shape index (κ1) is 23.1. The van der Waals surface area contributed by atoms with Crippen molar-refractivity contribution in [2.45, 2.75) is 29.7 Å². The lowest BCUT2D eigenvalue weighted by molar-refractivity contribution is -0.384. The van der Waals surface area contributed by atoms with Crippen molar-refractivity contribution >= 4 is 52.3 Å². The molecule has 0 bridgehead atoms. The zero-order valence-electron chi connectivity index (χ0n) is 15.7. The van der Waals surface area contributed by atoms with E-state index in [9.17, 15) is 24.5 Å². The highest BCUT2D eigenvalue weighted by Gasteiger charge is 2.18. The van der Waals surface area contributed by atoms with E-state index >= 15 is 0 Å². The maximum absolute atomic E-state index is 12.7. The highest BCUT2D eigenvalue weighted by atomic mass is 35.5. The molecule has 0 aliphatic heterocycles. The maximum atomic E-state index is 12.7. The molecule has 13 heteroatoms. The fourth-order valence-corrected chi connectivity index (χ4v) is 4.55. The van der Waals surface area contributed by atoms with Gasteiger partial charge in [0, 0.05) is 28.5 Å². The molecule has 2 aromatic carbocycles. The Morgan fingerprint density at radius 3 is 2.23 bits per heavy atom. The minimum absolute atomic E-state index is 0.0743. The summed E-state index contributed by atoms with van der Waals surface area (Å²) < 4.78 is 1.67. The second-order valence-corrected chi connectivity index (χ2v) is 8.49. The lowest BCUT2D eigenvalue weighted by Crippen LogP contribution is -2.48. The van der Waals surface area contributed by atoms with Crippen LogP contribution in [0.3, 0.4) is 0 Å². The van der Waals surface area contributed by atoms with Crippen LogP contribution in [0.2, 0.25) is 15.1 Å². The molecule has 0 aliphatic rings. The average molecular weight is 504 g/mol. The van der Waals surface area contributed by atoms with Crippen molar-refractivity contribution in [2.75, 3.05) is 0 Å². The standard InChI is InChI=1S/C18H13Cl3N4O5S/c1-2-5-23-16(26)22-17(27)24(18(23)28)10-7-12(20)15(13(21)8-10)31-14-4-3-9(25(29)30)6-11(14)19/h3-4,6-8H,2,5H2,1H3,(H,22,26,27). The summed E-state index contributed by atoms with van der Waals surface area (Å²) in [6.07, 6.45) is 0.508. The molecule has 0 aliphatic carbocycles. The van der Waals surface area contributed by atoms with Crippen LogP contribution < -0.4 is 17.1 Å².